The van der Waals surface area contributed by atoms with Crippen molar-refractivity contribution in [2.45, 2.75) is 32.2 Å². The van der Waals surface area contributed by atoms with Crippen LogP contribution in [0.1, 0.15) is 24.8 Å². The molecule has 0 spiro atoms. The third-order valence-electron chi connectivity index (χ3n) is 4.73. The Labute approximate surface area is 134 Å². The van der Waals surface area contributed by atoms with Gasteiger partial charge in [0, 0.05) is 0 Å². The predicted molar refractivity (Wildman–Crippen MR) is 84.0 cm³/mol. The van der Waals surface area contributed by atoms with E-state index in [0.717, 1.165) is 5.56 Å². The fourth-order valence-electron chi connectivity index (χ4n) is 3.32. The number of amides is 2. The van der Waals surface area contributed by atoms with E-state index in [0.29, 0.717) is 31.6 Å². The number of aliphatic carboxylic acids is 1. The summed E-state index contributed by atoms with van der Waals surface area (Å²) in [6.07, 6.45) is 1.22. The van der Waals surface area contributed by atoms with Crippen LogP contribution in [0.2, 0.25) is 0 Å². The molecule has 2 saturated heterocycles. The second-order valence-electron chi connectivity index (χ2n) is 6.27. The standard InChI is InChI=1S/C17H20N2O4/c1-11-2-4-13(5-3-11)19-15(20)10-14(16(19)21)18-8-6-12(7-9-18)17(22)23/h2-5,12,14H,6-10H2,1H3,(H,22,23). The van der Waals surface area contributed by atoms with Crippen molar-refractivity contribution in [2.75, 3.05) is 18.0 Å². The summed E-state index contributed by atoms with van der Waals surface area (Å²) < 4.78 is 0. The summed E-state index contributed by atoms with van der Waals surface area (Å²) in [6, 6.07) is 6.86. The predicted octanol–water partition coefficient (Wildman–Crippen LogP) is 1.42. The summed E-state index contributed by atoms with van der Waals surface area (Å²) in [6.45, 7) is 3.04. The second kappa shape index (κ2) is 6.12. The molecule has 1 N–H and O–H groups in total. The van der Waals surface area contributed by atoms with Crippen LogP contribution < -0.4 is 4.90 Å². The van der Waals surface area contributed by atoms with Crippen molar-refractivity contribution in [3.05, 3.63) is 29.8 Å². The van der Waals surface area contributed by atoms with Gasteiger partial charge in [0.25, 0.3) is 5.91 Å². The first-order valence-corrected chi connectivity index (χ1v) is 7.87. The van der Waals surface area contributed by atoms with Crippen molar-refractivity contribution in [2.24, 2.45) is 5.92 Å². The van der Waals surface area contributed by atoms with Crippen LogP contribution in [-0.4, -0.2) is 46.9 Å². The van der Waals surface area contributed by atoms with Gasteiger partial charge in [0.05, 0.1) is 24.1 Å². The summed E-state index contributed by atoms with van der Waals surface area (Å²) in [5.41, 5.74) is 1.67. The van der Waals surface area contributed by atoms with Gasteiger partial charge in [0.15, 0.2) is 0 Å². The molecular weight excluding hydrogens is 296 g/mol. The minimum absolute atomic E-state index is 0.171. The molecule has 0 radical (unpaired) electrons. The molecule has 1 unspecified atom stereocenters. The highest BCUT2D eigenvalue weighted by Gasteiger charge is 2.43. The summed E-state index contributed by atoms with van der Waals surface area (Å²) in [5, 5.41) is 9.05. The molecular formula is C17H20N2O4. The van der Waals surface area contributed by atoms with Crippen LogP contribution in [0.5, 0.6) is 0 Å². The van der Waals surface area contributed by atoms with E-state index in [1.54, 1.807) is 12.1 Å². The van der Waals surface area contributed by atoms with Crippen molar-refractivity contribution < 1.29 is 19.5 Å². The average Bonchev–Trinajstić information content (AvgIpc) is 2.83. The second-order valence-corrected chi connectivity index (χ2v) is 6.27. The molecule has 6 nitrogen and oxygen atoms in total. The lowest BCUT2D eigenvalue weighted by molar-refractivity contribution is -0.143. The number of likely N-dealkylation sites (tertiary alicyclic amines) is 1. The number of nitrogens with zero attached hydrogens (tertiary/aromatic N) is 2. The molecule has 2 heterocycles. The quantitative estimate of drug-likeness (QED) is 0.853. The van der Waals surface area contributed by atoms with E-state index in [9.17, 15) is 14.4 Å². The Hall–Kier alpha value is -2.21. The zero-order valence-electron chi connectivity index (χ0n) is 13.1. The first-order chi connectivity index (χ1) is 11.0. The topological polar surface area (TPSA) is 77.9 Å². The lowest BCUT2D eigenvalue weighted by Gasteiger charge is -2.33. The van der Waals surface area contributed by atoms with E-state index in [2.05, 4.69) is 0 Å². The van der Waals surface area contributed by atoms with Crippen LogP contribution in [-0.2, 0) is 14.4 Å². The number of carboxylic acids is 1. The van der Waals surface area contributed by atoms with Gasteiger partial charge in [0.1, 0.15) is 0 Å². The van der Waals surface area contributed by atoms with E-state index >= 15 is 0 Å². The number of imide groups is 1. The molecule has 2 fully saturated rings. The first-order valence-electron chi connectivity index (χ1n) is 7.87. The molecule has 3 rings (SSSR count). The van der Waals surface area contributed by atoms with E-state index in [1.165, 1.54) is 4.90 Å². The van der Waals surface area contributed by atoms with Crippen molar-refractivity contribution in [1.29, 1.82) is 0 Å². The molecule has 1 aromatic carbocycles. The number of rotatable bonds is 3. The van der Waals surface area contributed by atoms with E-state index < -0.39 is 12.0 Å². The summed E-state index contributed by atoms with van der Waals surface area (Å²) in [4.78, 5) is 39.2. The first kappa shape index (κ1) is 15.7. The molecule has 0 aromatic heterocycles. The van der Waals surface area contributed by atoms with E-state index in [1.807, 2.05) is 24.0 Å². The van der Waals surface area contributed by atoms with Crippen LogP contribution in [0.15, 0.2) is 24.3 Å². The molecule has 0 saturated carbocycles. The highest BCUT2D eigenvalue weighted by atomic mass is 16.4. The number of aryl methyl sites for hydroxylation is 1. The Morgan fingerprint density at radius 1 is 1.13 bits per heavy atom. The number of carboxylic acid groups (broad SMARTS) is 1. The van der Waals surface area contributed by atoms with Crippen molar-refractivity contribution >= 4 is 23.5 Å². The highest BCUT2D eigenvalue weighted by molar-refractivity contribution is 6.22. The van der Waals surface area contributed by atoms with Gasteiger partial charge in [-0.1, -0.05) is 17.7 Å². The molecule has 2 aliphatic heterocycles. The van der Waals surface area contributed by atoms with Gasteiger partial charge >= 0.3 is 5.97 Å². The molecule has 0 bridgehead atoms. The molecule has 6 heteroatoms. The van der Waals surface area contributed by atoms with Crippen LogP contribution in [0.4, 0.5) is 5.69 Å². The van der Waals surface area contributed by atoms with Gasteiger partial charge in [-0.05, 0) is 45.0 Å². The van der Waals surface area contributed by atoms with Crippen molar-refractivity contribution in [1.82, 2.24) is 4.90 Å². The minimum atomic E-state index is -0.778. The Kier molecular flexibility index (Phi) is 4.17. The zero-order chi connectivity index (χ0) is 16.6. The molecule has 0 aliphatic carbocycles. The monoisotopic (exact) mass is 316 g/mol. The van der Waals surface area contributed by atoms with Crippen LogP contribution in [0, 0.1) is 12.8 Å². The number of hydrogen-bond acceptors (Lipinski definition) is 4. The summed E-state index contributed by atoms with van der Waals surface area (Å²) >= 11 is 0. The molecule has 1 atom stereocenters. The molecule has 23 heavy (non-hydrogen) atoms. The average molecular weight is 316 g/mol. The Balaban J connectivity index is 1.72. The summed E-state index contributed by atoms with van der Waals surface area (Å²) in [5.74, 6) is -1.51. The van der Waals surface area contributed by atoms with Crippen LogP contribution >= 0.6 is 0 Å². The van der Waals surface area contributed by atoms with Crippen LogP contribution in [0.3, 0.4) is 0 Å². The van der Waals surface area contributed by atoms with Crippen molar-refractivity contribution in [3.63, 3.8) is 0 Å². The number of hydrogen-bond donors (Lipinski definition) is 1. The number of carbonyl (C=O) groups excluding carboxylic acids is 2. The maximum absolute atomic E-state index is 12.7. The van der Waals surface area contributed by atoms with Gasteiger partial charge in [-0.3, -0.25) is 19.3 Å². The van der Waals surface area contributed by atoms with Crippen LogP contribution in [0.25, 0.3) is 0 Å². The van der Waals surface area contributed by atoms with E-state index in [4.69, 9.17) is 5.11 Å². The maximum atomic E-state index is 12.7. The Bertz CT molecular complexity index is 632. The van der Waals surface area contributed by atoms with Gasteiger partial charge in [-0.15, -0.1) is 0 Å². The van der Waals surface area contributed by atoms with Gasteiger partial charge in [-0.25, -0.2) is 4.90 Å². The van der Waals surface area contributed by atoms with Gasteiger partial charge in [0.2, 0.25) is 5.91 Å². The van der Waals surface area contributed by atoms with Gasteiger partial charge in [-0.2, -0.15) is 0 Å². The smallest absolute Gasteiger partial charge is 0.306 e. The lowest BCUT2D eigenvalue weighted by atomic mass is 9.96. The van der Waals surface area contributed by atoms with Crippen molar-refractivity contribution in [3.8, 4) is 0 Å². The number of anilines is 1. The zero-order valence-corrected chi connectivity index (χ0v) is 13.1. The van der Waals surface area contributed by atoms with E-state index in [-0.39, 0.29) is 24.2 Å². The Morgan fingerprint density at radius 3 is 2.30 bits per heavy atom. The normalized spacial score (nSPS) is 23.5. The molecule has 1 aromatic rings. The Morgan fingerprint density at radius 2 is 1.74 bits per heavy atom. The SMILES string of the molecule is Cc1ccc(N2C(=O)CC(N3CCC(C(=O)O)CC3)C2=O)cc1. The lowest BCUT2D eigenvalue weighted by Crippen LogP contribution is -2.46. The minimum Gasteiger partial charge on any atom is -0.481 e. The van der Waals surface area contributed by atoms with Gasteiger partial charge < -0.3 is 5.11 Å². The third-order valence-corrected chi connectivity index (χ3v) is 4.73. The number of benzene rings is 1. The fraction of sp³-hybridized carbons (Fsp3) is 0.471. The third kappa shape index (κ3) is 2.99. The summed E-state index contributed by atoms with van der Waals surface area (Å²) in [7, 11) is 0. The fourth-order valence-corrected chi connectivity index (χ4v) is 3.32. The molecule has 2 amide bonds. The molecule has 122 valence electrons. The number of carbonyl (C=O) groups is 3. The largest absolute Gasteiger partial charge is 0.481 e. The number of piperidine rings is 1. The maximum Gasteiger partial charge on any atom is 0.306 e. The highest BCUT2D eigenvalue weighted by Crippen LogP contribution is 2.28. The molecule has 2 aliphatic rings.